The molecule has 25 heavy (non-hydrogen) atoms. The molecule has 2 fully saturated rings. The summed E-state index contributed by atoms with van der Waals surface area (Å²) in [5, 5.41) is 0. The Morgan fingerprint density at radius 2 is 1.76 bits per heavy atom. The SMILES string of the molecule is CC(C)(C)c1ccc2c(c1)[C@]13CCCCC1[C@H](C2)N(C(C)(C)C)CC3. The van der Waals surface area contributed by atoms with Gasteiger partial charge in [0.2, 0.25) is 0 Å². The largest absolute Gasteiger partial charge is 0.295 e. The summed E-state index contributed by atoms with van der Waals surface area (Å²) in [6.07, 6.45) is 8.37. The molecule has 0 N–H and O–H groups in total. The van der Waals surface area contributed by atoms with Gasteiger partial charge in [-0.3, -0.25) is 4.90 Å². The highest BCUT2D eigenvalue weighted by Gasteiger charge is 2.55. The minimum absolute atomic E-state index is 0.249. The smallest absolute Gasteiger partial charge is 0.0178 e. The number of piperidine rings is 1. The van der Waals surface area contributed by atoms with Crippen LogP contribution in [-0.2, 0) is 17.3 Å². The van der Waals surface area contributed by atoms with Crippen LogP contribution in [0, 0.1) is 5.92 Å². The molecule has 1 saturated carbocycles. The second-order valence-corrected chi connectivity index (χ2v) is 11.0. The average molecular weight is 340 g/mol. The molecule has 0 amide bonds. The Labute approximate surface area is 155 Å². The summed E-state index contributed by atoms with van der Waals surface area (Å²) < 4.78 is 0. The number of benzene rings is 1. The predicted molar refractivity (Wildman–Crippen MR) is 107 cm³/mol. The van der Waals surface area contributed by atoms with E-state index in [4.69, 9.17) is 0 Å². The van der Waals surface area contributed by atoms with E-state index < -0.39 is 0 Å². The molecule has 138 valence electrons. The van der Waals surface area contributed by atoms with Gasteiger partial charge in [0.25, 0.3) is 0 Å². The zero-order chi connectivity index (χ0) is 18.0. The third-order valence-electron chi connectivity index (χ3n) is 7.56. The van der Waals surface area contributed by atoms with Crippen LogP contribution < -0.4 is 0 Å². The van der Waals surface area contributed by atoms with E-state index in [2.05, 4.69) is 64.6 Å². The summed E-state index contributed by atoms with van der Waals surface area (Å²) in [6.45, 7) is 15.6. The normalized spacial score (nSPS) is 32.9. The van der Waals surface area contributed by atoms with Crippen LogP contribution in [0.15, 0.2) is 18.2 Å². The van der Waals surface area contributed by atoms with Crippen LogP contribution in [0.2, 0.25) is 0 Å². The molecule has 1 aromatic rings. The summed E-state index contributed by atoms with van der Waals surface area (Å²) in [4.78, 5) is 2.85. The zero-order valence-electron chi connectivity index (χ0n) is 17.3. The lowest BCUT2D eigenvalue weighted by atomic mass is 9.51. The molecular formula is C24H37N. The van der Waals surface area contributed by atoms with Crippen LogP contribution >= 0.6 is 0 Å². The lowest BCUT2D eigenvalue weighted by Gasteiger charge is -2.61. The van der Waals surface area contributed by atoms with Crippen molar-refractivity contribution in [3.05, 3.63) is 34.9 Å². The van der Waals surface area contributed by atoms with Gasteiger partial charge in [-0.1, -0.05) is 51.8 Å². The van der Waals surface area contributed by atoms with E-state index >= 15 is 0 Å². The highest BCUT2D eigenvalue weighted by atomic mass is 15.2. The van der Waals surface area contributed by atoms with Crippen LogP contribution in [0.5, 0.6) is 0 Å². The predicted octanol–water partition coefficient (Wildman–Crippen LogP) is 5.84. The maximum Gasteiger partial charge on any atom is 0.0178 e. The molecule has 4 rings (SSSR count). The van der Waals surface area contributed by atoms with E-state index in [0.717, 1.165) is 12.0 Å². The van der Waals surface area contributed by atoms with Crippen LogP contribution in [0.3, 0.4) is 0 Å². The molecule has 1 unspecified atom stereocenters. The summed E-state index contributed by atoms with van der Waals surface area (Å²) >= 11 is 0. The van der Waals surface area contributed by atoms with Gasteiger partial charge in [-0.2, -0.15) is 0 Å². The lowest BCUT2D eigenvalue weighted by Crippen LogP contribution is -2.64. The maximum absolute atomic E-state index is 2.85. The maximum atomic E-state index is 2.85. The van der Waals surface area contributed by atoms with Crippen LogP contribution in [-0.4, -0.2) is 23.0 Å². The minimum atomic E-state index is 0.249. The van der Waals surface area contributed by atoms with E-state index in [1.807, 2.05) is 0 Å². The Kier molecular flexibility index (Phi) is 3.93. The highest BCUT2D eigenvalue weighted by molar-refractivity contribution is 5.45. The number of hydrogen-bond acceptors (Lipinski definition) is 1. The molecule has 1 heterocycles. The van der Waals surface area contributed by atoms with E-state index in [-0.39, 0.29) is 11.0 Å². The summed E-state index contributed by atoms with van der Waals surface area (Å²) in [7, 11) is 0. The second-order valence-electron chi connectivity index (χ2n) is 11.0. The summed E-state index contributed by atoms with van der Waals surface area (Å²) in [5.74, 6) is 0.872. The van der Waals surface area contributed by atoms with Crippen molar-refractivity contribution in [3.8, 4) is 0 Å². The van der Waals surface area contributed by atoms with Crippen LogP contribution in [0.4, 0.5) is 0 Å². The third kappa shape index (κ3) is 2.69. The van der Waals surface area contributed by atoms with Crippen molar-refractivity contribution in [2.45, 2.75) is 102 Å². The molecule has 1 aliphatic heterocycles. The summed E-state index contributed by atoms with van der Waals surface area (Å²) in [6, 6.07) is 8.27. The number of nitrogens with zero attached hydrogens (tertiary/aromatic N) is 1. The van der Waals surface area contributed by atoms with Crippen molar-refractivity contribution in [1.29, 1.82) is 0 Å². The standard InChI is InChI=1S/C24H37N/c1-22(2,3)18-11-10-17-15-21-19-9-7-8-12-24(19,20(17)16-18)13-14-25(21)23(4,5)6/h10-11,16,19,21H,7-9,12-15H2,1-6H3/t19?,21-,24-/m0/s1. The Balaban J connectivity index is 1.84. The minimum Gasteiger partial charge on any atom is -0.295 e. The van der Waals surface area contributed by atoms with Gasteiger partial charge < -0.3 is 0 Å². The second kappa shape index (κ2) is 5.59. The number of hydrogen-bond donors (Lipinski definition) is 0. The molecule has 1 heteroatoms. The molecule has 0 aromatic heterocycles. The molecule has 1 nitrogen and oxygen atoms in total. The topological polar surface area (TPSA) is 3.24 Å². The monoisotopic (exact) mass is 339 g/mol. The Bertz CT molecular complexity index is 660. The van der Waals surface area contributed by atoms with Crippen molar-refractivity contribution >= 4 is 0 Å². The molecule has 2 bridgehead atoms. The number of fused-ring (bicyclic) bond motifs is 1. The van der Waals surface area contributed by atoms with Crippen LogP contribution in [0.1, 0.15) is 90.3 Å². The van der Waals surface area contributed by atoms with E-state index in [1.165, 1.54) is 50.6 Å². The molecule has 2 aliphatic carbocycles. The van der Waals surface area contributed by atoms with Crippen molar-refractivity contribution < 1.29 is 0 Å². The quantitative estimate of drug-likeness (QED) is 0.574. The first kappa shape index (κ1) is 17.6. The van der Waals surface area contributed by atoms with E-state index in [1.54, 1.807) is 11.1 Å². The van der Waals surface area contributed by atoms with Gasteiger partial charge in [-0.05, 0) is 81.0 Å². The fourth-order valence-corrected chi connectivity index (χ4v) is 6.30. The first-order valence-corrected chi connectivity index (χ1v) is 10.5. The first-order valence-electron chi connectivity index (χ1n) is 10.5. The fraction of sp³-hybridized carbons (Fsp3) is 0.750. The molecule has 1 saturated heterocycles. The Morgan fingerprint density at radius 3 is 2.44 bits per heavy atom. The van der Waals surface area contributed by atoms with Gasteiger partial charge in [0.15, 0.2) is 0 Å². The third-order valence-corrected chi connectivity index (χ3v) is 7.56. The van der Waals surface area contributed by atoms with Crippen molar-refractivity contribution in [3.63, 3.8) is 0 Å². The van der Waals surface area contributed by atoms with Gasteiger partial charge in [0, 0.05) is 17.0 Å². The molecular weight excluding hydrogens is 302 g/mol. The molecule has 0 radical (unpaired) electrons. The lowest BCUT2D eigenvalue weighted by molar-refractivity contribution is -0.0542. The Morgan fingerprint density at radius 1 is 1.00 bits per heavy atom. The van der Waals surface area contributed by atoms with Crippen LogP contribution in [0.25, 0.3) is 0 Å². The molecule has 1 aromatic carbocycles. The average Bonchev–Trinajstić information content (AvgIpc) is 2.52. The number of likely N-dealkylation sites (tertiary alicyclic amines) is 1. The number of rotatable bonds is 0. The van der Waals surface area contributed by atoms with Crippen molar-refractivity contribution in [2.24, 2.45) is 5.92 Å². The molecule has 3 atom stereocenters. The molecule has 0 spiro atoms. The summed E-state index contributed by atoms with van der Waals surface area (Å²) in [5.41, 5.74) is 5.94. The van der Waals surface area contributed by atoms with E-state index in [9.17, 15) is 0 Å². The fourth-order valence-electron chi connectivity index (χ4n) is 6.30. The van der Waals surface area contributed by atoms with Gasteiger partial charge in [0.05, 0.1) is 0 Å². The van der Waals surface area contributed by atoms with Gasteiger partial charge in [-0.15, -0.1) is 0 Å². The van der Waals surface area contributed by atoms with Gasteiger partial charge in [-0.25, -0.2) is 0 Å². The van der Waals surface area contributed by atoms with Gasteiger partial charge >= 0.3 is 0 Å². The van der Waals surface area contributed by atoms with Crippen molar-refractivity contribution in [1.82, 2.24) is 4.90 Å². The first-order chi connectivity index (χ1) is 11.6. The highest BCUT2D eigenvalue weighted by Crippen LogP contribution is 2.57. The van der Waals surface area contributed by atoms with Crippen molar-refractivity contribution in [2.75, 3.05) is 6.54 Å². The Hall–Kier alpha value is -0.820. The van der Waals surface area contributed by atoms with Gasteiger partial charge in [0.1, 0.15) is 0 Å². The molecule has 3 aliphatic rings. The zero-order valence-corrected chi connectivity index (χ0v) is 17.3. The van der Waals surface area contributed by atoms with E-state index in [0.29, 0.717) is 5.41 Å².